The number of hydrogen-bond acceptors (Lipinski definition) is 3. The second-order valence-electron chi connectivity index (χ2n) is 2.73. The number of hydrogen-bond donors (Lipinski definition) is 2. The topological polar surface area (TPSA) is 84.7 Å². The molecule has 2 rings (SSSR count). The van der Waals surface area contributed by atoms with Gasteiger partial charge in [0.1, 0.15) is 11.4 Å². The van der Waals surface area contributed by atoms with Crippen LogP contribution in [0.3, 0.4) is 0 Å². The van der Waals surface area contributed by atoms with Crippen molar-refractivity contribution in [2.45, 2.75) is 0 Å². The third-order valence-corrected chi connectivity index (χ3v) is 1.78. The summed E-state index contributed by atoms with van der Waals surface area (Å²) < 4.78 is 0. The SMILES string of the molecule is NC(=O)c1cnc(-c2ccc[nH]2)cn1. The Bertz CT molecular complexity index is 432. The molecule has 14 heavy (non-hydrogen) atoms. The van der Waals surface area contributed by atoms with Gasteiger partial charge in [0, 0.05) is 6.20 Å². The minimum atomic E-state index is -0.574. The van der Waals surface area contributed by atoms with Gasteiger partial charge >= 0.3 is 0 Å². The van der Waals surface area contributed by atoms with Gasteiger partial charge in [0.2, 0.25) is 0 Å². The zero-order valence-corrected chi connectivity index (χ0v) is 7.27. The summed E-state index contributed by atoms with van der Waals surface area (Å²) in [5.41, 5.74) is 6.74. The summed E-state index contributed by atoms with van der Waals surface area (Å²) in [6.07, 6.45) is 4.66. The summed E-state index contributed by atoms with van der Waals surface area (Å²) in [6, 6.07) is 3.73. The van der Waals surface area contributed by atoms with Crippen molar-refractivity contribution >= 4 is 5.91 Å². The molecule has 0 unspecified atom stereocenters. The summed E-state index contributed by atoms with van der Waals surface area (Å²) >= 11 is 0. The van der Waals surface area contributed by atoms with E-state index < -0.39 is 5.91 Å². The summed E-state index contributed by atoms with van der Waals surface area (Å²) in [7, 11) is 0. The number of nitrogens with one attached hydrogen (secondary N) is 1. The third kappa shape index (κ3) is 1.47. The van der Waals surface area contributed by atoms with Gasteiger partial charge in [-0.25, -0.2) is 4.98 Å². The number of aromatic nitrogens is 3. The maximum absolute atomic E-state index is 10.7. The van der Waals surface area contributed by atoms with Crippen LogP contribution >= 0.6 is 0 Å². The van der Waals surface area contributed by atoms with E-state index in [0.717, 1.165) is 5.69 Å². The van der Waals surface area contributed by atoms with Gasteiger partial charge < -0.3 is 10.7 Å². The Morgan fingerprint density at radius 3 is 2.71 bits per heavy atom. The Hall–Kier alpha value is -2.17. The molecule has 0 fully saturated rings. The van der Waals surface area contributed by atoms with Crippen LogP contribution in [-0.2, 0) is 0 Å². The molecule has 1 amide bonds. The van der Waals surface area contributed by atoms with Crippen molar-refractivity contribution in [1.82, 2.24) is 15.0 Å². The van der Waals surface area contributed by atoms with E-state index in [1.54, 1.807) is 6.20 Å². The molecule has 0 radical (unpaired) electrons. The normalized spacial score (nSPS) is 10.0. The molecule has 0 saturated carbocycles. The van der Waals surface area contributed by atoms with Gasteiger partial charge in [-0.1, -0.05) is 0 Å². The molecule has 0 bridgehead atoms. The summed E-state index contributed by atoms with van der Waals surface area (Å²) in [5, 5.41) is 0. The number of rotatable bonds is 2. The Kier molecular flexibility index (Phi) is 1.98. The van der Waals surface area contributed by atoms with E-state index in [9.17, 15) is 4.79 Å². The molecule has 0 saturated heterocycles. The van der Waals surface area contributed by atoms with Crippen LogP contribution in [0, 0.1) is 0 Å². The molecule has 0 aliphatic rings. The lowest BCUT2D eigenvalue weighted by molar-refractivity contribution is 0.0995. The average Bonchev–Trinajstić information content (AvgIpc) is 2.71. The summed E-state index contributed by atoms with van der Waals surface area (Å²) in [6.45, 7) is 0. The third-order valence-electron chi connectivity index (χ3n) is 1.78. The lowest BCUT2D eigenvalue weighted by Crippen LogP contribution is -2.13. The maximum atomic E-state index is 10.7. The van der Waals surface area contributed by atoms with Gasteiger partial charge in [-0.05, 0) is 12.1 Å². The van der Waals surface area contributed by atoms with Crippen molar-refractivity contribution in [2.24, 2.45) is 5.73 Å². The van der Waals surface area contributed by atoms with Crippen molar-refractivity contribution in [2.75, 3.05) is 0 Å². The first-order valence-electron chi connectivity index (χ1n) is 4.03. The van der Waals surface area contributed by atoms with E-state index in [1.807, 2.05) is 12.1 Å². The molecular weight excluding hydrogens is 180 g/mol. The molecule has 70 valence electrons. The van der Waals surface area contributed by atoms with Crippen LogP contribution in [0.1, 0.15) is 10.5 Å². The predicted molar refractivity (Wildman–Crippen MR) is 50.3 cm³/mol. The standard InChI is InChI=1S/C9H8N4O/c10-9(14)8-5-12-7(4-13-8)6-2-1-3-11-6/h1-5,11H,(H2,10,14). The molecule has 0 aromatic carbocycles. The van der Waals surface area contributed by atoms with Gasteiger partial charge in [-0.15, -0.1) is 0 Å². The number of carbonyl (C=O) groups excluding carboxylic acids is 1. The Balaban J connectivity index is 2.36. The Morgan fingerprint density at radius 2 is 2.21 bits per heavy atom. The number of carbonyl (C=O) groups is 1. The summed E-state index contributed by atoms with van der Waals surface area (Å²) in [5.74, 6) is -0.574. The molecule has 2 aromatic rings. The van der Waals surface area contributed by atoms with Crippen LogP contribution in [0.4, 0.5) is 0 Å². The van der Waals surface area contributed by atoms with E-state index in [4.69, 9.17) is 5.73 Å². The van der Waals surface area contributed by atoms with Crippen LogP contribution in [0.2, 0.25) is 0 Å². The highest BCUT2D eigenvalue weighted by molar-refractivity contribution is 5.90. The highest BCUT2D eigenvalue weighted by atomic mass is 16.1. The van der Waals surface area contributed by atoms with E-state index in [2.05, 4.69) is 15.0 Å². The second kappa shape index (κ2) is 3.29. The fourth-order valence-electron chi connectivity index (χ4n) is 1.08. The minimum absolute atomic E-state index is 0.167. The zero-order chi connectivity index (χ0) is 9.97. The van der Waals surface area contributed by atoms with Gasteiger partial charge in [0.05, 0.1) is 18.1 Å². The lowest BCUT2D eigenvalue weighted by Gasteiger charge is -1.97. The fourth-order valence-corrected chi connectivity index (χ4v) is 1.08. The first kappa shape index (κ1) is 8.43. The smallest absolute Gasteiger partial charge is 0.268 e. The van der Waals surface area contributed by atoms with Crippen LogP contribution < -0.4 is 5.73 Å². The largest absolute Gasteiger partial charge is 0.364 e. The van der Waals surface area contributed by atoms with E-state index >= 15 is 0 Å². The Morgan fingerprint density at radius 1 is 1.36 bits per heavy atom. The van der Waals surface area contributed by atoms with Gasteiger partial charge in [-0.3, -0.25) is 9.78 Å². The number of amides is 1. The number of nitrogens with two attached hydrogens (primary N) is 1. The number of H-pyrrole nitrogens is 1. The van der Waals surface area contributed by atoms with Gasteiger partial charge in [0.15, 0.2) is 0 Å². The first-order chi connectivity index (χ1) is 6.77. The van der Waals surface area contributed by atoms with Crippen LogP contribution in [0.25, 0.3) is 11.4 Å². The monoisotopic (exact) mass is 188 g/mol. The molecule has 2 aromatic heterocycles. The molecule has 2 heterocycles. The first-order valence-corrected chi connectivity index (χ1v) is 4.03. The highest BCUT2D eigenvalue weighted by Gasteiger charge is 2.04. The quantitative estimate of drug-likeness (QED) is 0.722. The molecule has 5 heteroatoms. The van der Waals surface area contributed by atoms with Crippen molar-refractivity contribution in [1.29, 1.82) is 0 Å². The minimum Gasteiger partial charge on any atom is -0.364 e. The molecule has 0 spiro atoms. The molecule has 3 N–H and O–H groups in total. The van der Waals surface area contributed by atoms with Crippen molar-refractivity contribution in [3.05, 3.63) is 36.4 Å². The number of nitrogens with zero attached hydrogens (tertiary/aromatic N) is 2. The molecule has 5 nitrogen and oxygen atoms in total. The van der Waals surface area contributed by atoms with Gasteiger partial charge in [0.25, 0.3) is 5.91 Å². The van der Waals surface area contributed by atoms with Crippen LogP contribution in [0.5, 0.6) is 0 Å². The summed E-state index contributed by atoms with van der Waals surface area (Å²) in [4.78, 5) is 21.6. The molecule has 0 aliphatic carbocycles. The highest BCUT2D eigenvalue weighted by Crippen LogP contribution is 2.11. The number of primary amides is 1. The molecule has 0 atom stereocenters. The van der Waals surface area contributed by atoms with Crippen molar-refractivity contribution < 1.29 is 4.79 Å². The van der Waals surface area contributed by atoms with E-state index in [-0.39, 0.29) is 5.69 Å². The predicted octanol–water partition coefficient (Wildman–Crippen LogP) is 0.571. The van der Waals surface area contributed by atoms with Crippen molar-refractivity contribution in [3.8, 4) is 11.4 Å². The number of aromatic amines is 1. The van der Waals surface area contributed by atoms with Gasteiger partial charge in [-0.2, -0.15) is 0 Å². The van der Waals surface area contributed by atoms with Crippen molar-refractivity contribution in [3.63, 3.8) is 0 Å². The molecular formula is C9H8N4O. The van der Waals surface area contributed by atoms with E-state index in [0.29, 0.717) is 5.69 Å². The van der Waals surface area contributed by atoms with Crippen LogP contribution in [0.15, 0.2) is 30.7 Å². The zero-order valence-electron chi connectivity index (χ0n) is 7.27. The Labute approximate surface area is 80.0 Å². The molecule has 0 aliphatic heterocycles. The second-order valence-corrected chi connectivity index (χ2v) is 2.73. The lowest BCUT2D eigenvalue weighted by atomic mass is 10.3. The van der Waals surface area contributed by atoms with Crippen LogP contribution in [-0.4, -0.2) is 20.9 Å². The maximum Gasteiger partial charge on any atom is 0.268 e. The fraction of sp³-hybridized carbons (Fsp3) is 0. The average molecular weight is 188 g/mol. The van der Waals surface area contributed by atoms with E-state index in [1.165, 1.54) is 12.4 Å².